The normalized spacial score (nSPS) is 21.6. The molecule has 0 radical (unpaired) electrons. The number of hydrogen-bond donors (Lipinski definition) is 1. The van der Waals surface area contributed by atoms with Crippen molar-refractivity contribution in [1.29, 1.82) is 0 Å². The highest BCUT2D eigenvalue weighted by Crippen LogP contribution is 2.42. The first-order valence-electron chi connectivity index (χ1n) is 9.99. The molecule has 0 spiro atoms. The minimum absolute atomic E-state index is 0.0459. The minimum Gasteiger partial charge on any atom is -0.481 e. The van der Waals surface area contributed by atoms with Gasteiger partial charge < -0.3 is 19.9 Å². The van der Waals surface area contributed by atoms with Crippen molar-refractivity contribution in [2.24, 2.45) is 5.92 Å². The maximum Gasteiger partial charge on any atom is 0.322 e. The van der Waals surface area contributed by atoms with Gasteiger partial charge in [0.15, 0.2) is 11.6 Å². The number of carbonyl (C=O) groups excluding carboxylic acids is 2. The Labute approximate surface area is 177 Å². The first-order chi connectivity index (χ1) is 14.9. The standard InChI is InChI=1S/C22H20F2N4O3/c1-31-19-5-2-12(8-25-19)15-7-14-6-13(15)9-28(14)20(29)11-27-10-16-18(26-22(27)30)4-3-17(23)21(16)24/h2-5,7-8,13-14H,6,9-11H2,1H3,(H,26,30)/t13-,14-/m0/s1. The zero-order valence-electron chi connectivity index (χ0n) is 16.8. The Morgan fingerprint density at radius 3 is 2.81 bits per heavy atom. The molecule has 1 saturated heterocycles. The Bertz CT molecular complexity index is 1100. The summed E-state index contributed by atoms with van der Waals surface area (Å²) in [5, 5.41) is 2.53. The van der Waals surface area contributed by atoms with E-state index < -0.39 is 17.7 Å². The van der Waals surface area contributed by atoms with Gasteiger partial charge in [0.05, 0.1) is 25.4 Å². The molecule has 1 fully saturated rings. The summed E-state index contributed by atoms with van der Waals surface area (Å²) in [6.45, 7) is 0.200. The number of carbonyl (C=O) groups is 2. The van der Waals surface area contributed by atoms with E-state index >= 15 is 0 Å². The third-order valence-electron chi connectivity index (χ3n) is 6.15. The first-order valence-corrected chi connectivity index (χ1v) is 9.99. The number of rotatable bonds is 4. The lowest BCUT2D eigenvalue weighted by atomic mass is 9.96. The Hall–Kier alpha value is -3.49. The number of amides is 3. The molecule has 0 saturated carbocycles. The molecule has 1 N–H and O–H groups in total. The van der Waals surface area contributed by atoms with Crippen LogP contribution in [0.1, 0.15) is 17.5 Å². The SMILES string of the molecule is COc1ccc(C2=C[C@@H]3C[C@H]2CN3C(=O)CN2Cc3c(ccc(F)c3F)NC2=O)cn1. The molecule has 1 aromatic heterocycles. The molecule has 0 unspecified atom stereocenters. The van der Waals surface area contributed by atoms with Crippen LogP contribution in [0.2, 0.25) is 0 Å². The summed E-state index contributed by atoms with van der Waals surface area (Å²) < 4.78 is 32.8. The maximum absolute atomic E-state index is 14.1. The van der Waals surface area contributed by atoms with E-state index in [9.17, 15) is 18.4 Å². The van der Waals surface area contributed by atoms with Gasteiger partial charge in [-0.3, -0.25) is 4.79 Å². The topological polar surface area (TPSA) is 74.8 Å². The Morgan fingerprint density at radius 1 is 1.29 bits per heavy atom. The van der Waals surface area contributed by atoms with Crippen LogP contribution < -0.4 is 10.1 Å². The van der Waals surface area contributed by atoms with Crippen molar-refractivity contribution in [1.82, 2.24) is 14.8 Å². The fraction of sp³-hybridized carbons (Fsp3) is 0.318. The molecule has 5 rings (SSSR count). The van der Waals surface area contributed by atoms with Gasteiger partial charge in [-0.05, 0) is 35.8 Å². The number of methoxy groups -OCH3 is 1. The summed E-state index contributed by atoms with van der Waals surface area (Å²) in [5.41, 5.74) is 2.44. The number of benzene rings is 1. The van der Waals surface area contributed by atoms with E-state index in [0.717, 1.165) is 23.6 Å². The van der Waals surface area contributed by atoms with Gasteiger partial charge in [0.25, 0.3) is 0 Å². The average molecular weight is 426 g/mol. The molecule has 7 nitrogen and oxygen atoms in total. The third-order valence-corrected chi connectivity index (χ3v) is 6.15. The van der Waals surface area contributed by atoms with E-state index in [1.54, 1.807) is 24.3 Å². The van der Waals surface area contributed by atoms with Gasteiger partial charge in [0, 0.05) is 30.3 Å². The zero-order chi connectivity index (χ0) is 21.7. The molecule has 3 aliphatic rings. The van der Waals surface area contributed by atoms with Crippen LogP contribution in [0.25, 0.3) is 5.57 Å². The van der Waals surface area contributed by atoms with Gasteiger partial charge in [-0.25, -0.2) is 18.6 Å². The van der Waals surface area contributed by atoms with Crippen molar-refractivity contribution in [2.75, 3.05) is 25.5 Å². The minimum atomic E-state index is -1.00. The number of anilines is 1. The monoisotopic (exact) mass is 426 g/mol. The third kappa shape index (κ3) is 3.30. The number of hydrogen-bond acceptors (Lipinski definition) is 4. The quantitative estimate of drug-likeness (QED) is 0.816. The number of nitrogens with zero attached hydrogens (tertiary/aromatic N) is 3. The average Bonchev–Trinajstić information content (AvgIpc) is 3.39. The summed E-state index contributed by atoms with van der Waals surface area (Å²) in [5.74, 6) is -1.46. The van der Waals surface area contributed by atoms with Crippen molar-refractivity contribution < 1.29 is 23.1 Å². The summed E-state index contributed by atoms with van der Waals surface area (Å²) in [7, 11) is 1.56. The number of urea groups is 1. The van der Waals surface area contributed by atoms with E-state index in [1.807, 2.05) is 6.07 Å². The van der Waals surface area contributed by atoms with Gasteiger partial charge in [-0.2, -0.15) is 0 Å². The largest absolute Gasteiger partial charge is 0.481 e. The fourth-order valence-corrected chi connectivity index (χ4v) is 4.59. The molecule has 3 amide bonds. The molecule has 3 heterocycles. The van der Waals surface area contributed by atoms with Crippen LogP contribution in [0.4, 0.5) is 19.3 Å². The van der Waals surface area contributed by atoms with Crippen molar-refractivity contribution in [3.8, 4) is 5.88 Å². The molecular formula is C22H20F2N4O3. The molecular weight excluding hydrogens is 406 g/mol. The predicted molar refractivity (Wildman–Crippen MR) is 108 cm³/mol. The van der Waals surface area contributed by atoms with E-state index in [-0.39, 0.29) is 42.2 Å². The number of likely N-dealkylation sites (tertiary alicyclic amines) is 1. The highest BCUT2D eigenvalue weighted by atomic mass is 19.2. The summed E-state index contributed by atoms with van der Waals surface area (Å²) in [4.78, 5) is 32.5. The van der Waals surface area contributed by atoms with Crippen molar-refractivity contribution in [3.63, 3.8) is 0 Å². The first kappa shape index (κ1) is 19.5. The Balaban J connectivity index is 1.28. The lowest BCUT2D eigenvalue weighted by Gasteiger charge is -2.32. The van der Waals surface area contributed by atoms with Gasteiger partial charge in [-0.1, -0.05) is 6.08 Å². The van der Waals surface area contributed by atoms with E-state index in [2.05, 4.69) is 16.4 Å². The second-order valence-corrected chi connectivity index (χ2v) is 7.93. The van der Waals surface area contributed by atoms with Crippen LogP contribution in [0, 0.1) is 17.6 Å². The lowest BCUT2D eigenvalue weighted by Crippen LogP contribution is -2.47. The molecule has 1 aliphatic carbocycles. The molecule has 160 valence electrons. The van der Waals surface area contributed by atoms with Crippen LogP contribution in [0.3, 0.4) is 0 Å². The molecule has 2 aromatic rings. The molecule has 31 heavy (non-hydrogen) atoms. The second-order valence-electron chi connectivity index (χ2n) is 7.93. The van der Waals surface area contributed by atoms with Gasteiger partial charge in [0.2, 0.25) is 11.8 Å². The van der Waals surface area contributed by atoms with E-state index in [0.29, 0.717) is 12.4 Å². The fourth-order valence-electron chi connectivity index (χ4n) is 4.59. The zero-order valence-corrected chi connectivity index (χ0v) is 16.8. The smallest absolute Gasteiger partial charge is 0.322 e. The van der Waals surface area contributed by atoms with E-state index in [1.165, 1.54) is 11.0 Å². The van der Waals surface area contributed by atoms with Crippen molar-refractivity contribution in [2.45, 2.75) is 19.0 Å². The maximum atomic E-state index is 14.1. The number of ether oxygens (including phenoxy) is 1. The van der Waals surface area contributed by atoms with Crippen LogP contribution >= 0.6 is 0 Å². The molecule has 2 aliphatic heterocycles. The van der Waals surface area contributed by atoms with Crippen LogP contribution in [0.15, 0.2) is 36.5 Å². The highest BCUT2D eigenvalue weighted by Gasteiger charge is 2.42. The van der Waals surface area contributed by atoms with Crippen LogP contribution in [-0.2, 0) is 11.3 Å². The Morgan fingerprint density at radius 2 is 2.13 bits per heavy atom. The number of aromatic nitrogens is 1. The van der Waals surface area contributed by atoms with Gasteiger partial charge >= 0.3 is 6.03 Å². The molecule has 1 aromatic carbocycles. The summed E-state index contributed by atoms with van der Waals surface area (Å²) in [6.07, 6.45) is 4.65. The van der Waals surface area contributed by atoms with Crippen molar-refractivity contribution in [3.05, 3.63) is 59.3 Å². The molecule has 2 atom stereocenters. The number of pyridine rings is 1. The molecule has 9 heteroatoms. The number of halogens is 2. The predicted octanol–water partition coefficient (Wildman–Crippen LogP) is 3.03. The molecule has 2 bridgehead atoms. The number of nitrogens with one attached hydrogen (secondary N) is 1. The second kappa shape index (κ2) is 7.33. The van der Waals surface area contributed by atoms with Crippen LogP contribution in [-0.4, -0.2) is 53.0 Å². The van der Waals surface area contributed by atoms with Crippen LogP contribution in [0.5, 0.6) is 5.88 Å². The summed E-state index contributed by atoms with van der Waals surface area (Å²) in [6, 6.07) is 5.50. The van der Waals surface area contributed by atoms with Gasteiger partial charge in [-0.15, -0.1) is 0 Å². The Kier molecular flexibility index (Phi) is 4.60. The van der Waals surface area contributed by atoms with Gasteiger partial charge in [0.1, 0.15) is 6.54 Å². The van der Waals surface area contributed by atoms with Crippen molar-refractivity contribution >= 4 is 23.2 Å². The number of fused-ring (bicyclic) bond motifs is 3. The lowest BCUT2D eigenvalue weighted by molar-refractivity contribution is -0.132. The summed E-state index contributed by atoms with van der Waals surface area (Å²) >= 11 is 0. The highest BCUT2D eigenvalue weighted by molar-refractivity contribution is 5.95. The van der Waals surface area contributed by atoms with E-state index in [4.69, 9.17) is 4.74 Å².